The third kappa shape index (κ3) is 10.2. The first-order valence-corrected chi connectivity index (χ1v) is 13.2. The molecule has 0 aliphatic heterocycles. The third-order valence-electron chi connectivity index (χ3n) is 6.34. The molecule has 1 aromatic heterocycles. The number of aromatic nitrogens is 1. The number of aliphatic carboxylic acids is 1. The fourth-order valence-electron chi connectivity index (χ4n) is 4.11. The van der Waals surface area contributed by atoms with Crippen molar-refractivity contribution < 1.29 is 24.3 Å². The first kappa shape index (κ1) is 32.0. The summed E-state index contributed by atoms with van der Waals surface area (Å²) in [5.41, 5.74) is 24.1. The molecular formula is C26H41N9O5. The van der Waals surface area contributed by atoms with Crippen LogP contribution in [-0.4, -0.2) is 77.0 Å². The zero-order valence-corrected chi connectivity index (χ0v) is 22.7. The molecule has 0 bridgehead atoms. The summed E-state index contributed by atoms with van der Waals surface area (Å²) in [6.07, 6.45) is 3.90. The van der Waals surface area contributed by atoms with E-state index in [2.05, 4.69) is 25.9 Å². The average molecular weight is 560 g/mol. The van der Waals surface area contributed by atoms with Crippen molar-refractivity contribution in [3.63, 3.8) is 0 Å². The average Bonchev–Trinajstić information content (AvgIpc) is 3.31. The SMILES string of the molecule is CC(NC(=O)C(CCCN=C(N)N)NC(=O)C(N)Cc1c[nH]c2ccccc12)C(=O)NC(CCCCN)C(=O)O. The highest BCUT2D eigenvalue weighted by molar-refractivity contribution is 5.94. The molecule has 0 spiro atoms. The number of hydrogen-bond donors (Lipinski definition) is 9. The molecule has 0 aliphatic rings. The quantitative estimate of drug-likeness (QED) is 0.0638. The first-order chi connectivity index (χ1) is 19.0. The standard InChI is InChI=1S/C26H41N9O5/c1-15(22(36)35-21(25(39)40)9-4-5-11-27)33-24(38)20(10-6-12-31-26(29)30)34-23(37)18(28)13-16-14-32-19-8-3-2-7-17(16)19/h2-3,7-8,14-15,18,20-21,32H,4-6,9-13,27-28H2,1H3,(H,33,38)(H,34,37)(H,35,36)(H,39,40)(H4,29,30,31). The van der Waals surface area contributed by atoms with Gasteiger partial charge in [-0.05, 0) is 63.6 Å². The Hall–Kier alpha value is -4.17. The minimum Gasteiger partial charge on any atom is -0.480 e. The number of aromatic amines is 1. The van der Waals surface area contributed by atoms with Crippen LogP contribution in [0.4, 0.5) is 0 Å². The van der Waals surface area contributed by atoms with E-state index in [0.717, 1.165) is 16.5 Å². The molecule has 0 fully saturated rings. The van der Waals surface area contributed by atoms with E-state index < -0.39 is 47.9 Å². The Bertz CT molecular complexity index is 1180. The van der Waals surface area contributed by atoms with Gasteiger partial charge >= 0.3 is 5.97 Å². The van der Waals surface area contributed by atoms with Gasteiger partial charge in [0.05, 0.1) is 6.04 Å². The second kappa shape index (κ2) is 16.1. The van der Waals surface area contributed by atoms with Gasteiger partial charge in [-0.2, -0.15) is 0 Å². The highest BCUT2D eigenvalue weighted by atomic mass is 16.4. The summed E-state index contributed by atoms with van der Waals surface area (Å²) in [6, 6.07) is 3.45. The molecular weight excluding hydrogens is 518 g/mol. The van der Waals surface area contributed by atoms with Crippen LogP contribution < -0.4 is 38.9 Å². The van der Waals surface area contributed by atoms with E-state index in [1.165, 1.54) is 6.92 Å². The number of nitrogens with zero attached hydrogens (tertiary/aromatic N) is 1. The second-order valence-corrected chi connectivity index (χ2v) is 9.59. The molecule has 4 atom stereocenters. The number of carbonyl (C=O) groups excluding carboxylic acids is 3. The molecule has 2 aromatic rings. The fourth-order valence-corrected chi connectivity index (χ4v) is 4.11. The van der Waals surface area contributed by atoms with Crippen LogP contribution in [0.2, 0.25) is 0 Å². The molecule has 1 aromatic carbocycles. The molecule has 3 amide bonds. The third-order valence-corrected chi connectivity index (χ3v) is 6.34. The van der Waals surface area contributed by atoms with Gasteiger partial charge < -0.3 is 49.0 Å². The predicted octanol–water partition coefficient (Wildman–Crippen LogP) is -1.22. The monoisotopic (exact) mass is 559 g/mol. The fraction of sp³-hybridized carbons (Fsp3) is 0.500. The summed E-state index contributed by atoms with van der Waals surface area (Å²) in [7, 11) is 0. The number of nitrogens with one attached hydrogen (secondary N) is 4. The van der Waals surface area contributed by atoms with Crippen LogP contribution in [0.25, 0.3) is 10.9 Å². The van der Waals surface area contributed by atoms with Crippen LogP contribution in [0.1, 0.15) is 44.6 Å². The van der Waals surface area contributed by atoms with Crippen LogP contribution in [0.15, 0.2) is 35.5 Å². The number of carboxylic acids is 1. The van der Waals surface area contributed by atoms with E-state index in [1.807, 2.05) is 24.3 Å². The summed E-state index contributed by atoms with van der Waals surface area (Å²) >= 11 is 0. The number of benzene rings is 1. The van der Waals surface area contributed by atoms with Crippen LogP contribution in [-0.2, 0) is 25.6 Å². The van der Waals surface area contributed by atoms with Gasteiger partial charge in [0.25, 0.3) is 0 Å². The largest absolute Gasteiger partial charge is 0.480 e. The zero-order chi connectivity index (χ0) is 29.7. The normalized spacial score (nSPS) is 14.0. The smallest absolute Gasteiger partial charge is 0.326 e. The number of aliphatic imine (C=N–C) groups is 1. The van der Waals surface area contributed by atoms with Gasteiger partial charge in [0.15, 0.2) is 5.96 Å². The van der Waals surface area contributed by atoms with Gasteiger partial charge in [-0.15, -0.1) is 0 Å². The van der Waals surface area contributed by atoms with E-state index in [1.54, 1.807) is 6.20 Å². The maximum absolute atomic E-state index is 13.1. The molecule has 0 saturated carbocycles. The van der Waals surface area contributed by atoms with Gasteiger partial charge in [-0.1, -0.05) is 18.2 Å². The van der Waals surface area contributed by atoms with Crippen molar-refractivity contribution in [1.82, 2.24) is 20.9 Å². The van der Waals surface area contributed by atoms with Crippen LogP contribution in [0.5, 0.6) is 0 Å². The molecule has 2 rings (SSSR count). The molecule has 0 aliphatic carbocycles. The number of guanidine groups is 1. The first-order valence-electron chi connectivity index (χ1n) is 13.2. The Labute approximate surface area is 232 Å². The topological polar surface area (TPSA) is 257 Å². The number of hydrogen-bond acceptors (Lipinski definition) is 7. The van der Waals surface area contributed by atoms with Gasteiger partial charge in [0.2, 0.25) is 17.7 Å². The van der Waals surface area contributed by atoms with Gasteiger partial charge in [0.1, 0.15) is 18.1 Å². The van der Waals surface area contributed by atoms with Crippen molar-refractivity contribution in [2.45, 2.75) is 69.6 Å². The van der Waals surface area contributed by atoms with Crippen LogP contribution >= 0.6 is 0 Å². The number of rotatable bonds is 17. The molecule has 220 valence electrons. The highest BCUT2D eigenvalue weighted by Crippen LogP contribution is 2.18. The predicted molar refractivity (Wildman–Crippen MR) is 152 cm³/mol. The number of unbranched alkanes of at least 4 members (excludes halogenated alkanes) is 1. The zero-order valence-electron chi connectivity index (χ0n) is 22.7. The number of nitrogens with two attached hydrogens (primary N) is 4. The van der Waals surface area contributed by atoms with E-state index in [4.69, 9.17) is 22.9 Å². The lowest BCUT2D eigenvalue weighted by Gasteiger charge is -2.23. The van der Waals surface area contributed by atoms with E-state index in [0.29, 0.717) is 25.8 Å². The summed E-state index contributed by atoms with van der Waals surface area (Å²) < 4.78 is 0. The number of carboxylic acid groups (broad SMARTS) is 1. The summed E-state index contributed by atoms with van der Waals surface area (Å²) in [4.78, 5) is 57.3. The Morgan fingerprint density at radius 3 is 2.30 bits per heavy atom. The maximum Gasteiger partial charge on any atom is 0.326 e. The van der Waals surface area contributed by atoms with Crippen LogP contribution in [0, 0.1) is 0 Å². The molecule has 0 saturated heterocycles. The number of fused-ring (bicyclic) bond motifs is 1. The molecule has 40 heavy (non-hydrogen) atoms. The molecule has 14 nitrogen and oxygen atoms in total. The number of carbonyl (C=O) groups is 4. The lowest BCUT2D eigenvalue weighted by atomic mass is 10.0. The molecule has 1 heterocycles. The Morgan fingerprint density at radius 2 is 1.62 bits per heavy atom. The van der Waals surface area contributed by atoms with E-state index in [-0.39, 0.29) is 31.8 Å². The Kier molecular flexibility index (Phi) is 12.9. The van der Waals surface area contributed by atoms with Gasteiger partial charge in [0, 0.05) is 23.6 Å². The summed E-state index contributed by atoms with van der Waals surface area (Å²) in [5, 5.41) is 18.0. The summed E-state index contributed by atoms with van der Waals surface area (Å²) in [5.74, 6) is -3.13. The molecule has 14 heteroatoms. The molecule has 4 unspecified atom stereocenters. The second-order valence-electron chi connectivity index (χ2n) is 9.59. The van der Waals surface area contributed by atoms with Gasteiger partial charge in [-0.3, -0.25) is 19.4 Å². The highest BCUT2D eigenvalue weighted by Gasteiger charge is 2.28. The minimum absolute atomic E-state index is 0.101. The van der Waals surface area contributed by atoms with Gasteiger partial charge in [-0.25, -0.2) is 4.79 Å². The van der Waals surface area contributed by atoms with Crippen LogP contribution in [0.3, 0.4) is 0 Å². The Balaban J connectivity index is 2.04. The lowest BCUT2D eigenvalue weighted by molar-refractivity contribution is -0.142. The number of amides is 3. The number of para-hydroxylation sites is 1. The summed E-state index contributed by atoms with van der Waals surface area (Å²) in [6.45, 7) is 2.06. The Morgan fingerprint density at radius 1 is 0.950 bits per heavy atom. The van der Waals surface area contributed by atoms with Crippen molar-refractivity contribution in [1.29, 1.82) is 0 Å². The van der Waals surface area contributed by atoms with E-state index in [9.17, 15) is 24.3 Å². The molecule has 13 N–H and O–H groups in total. The lowest BCUT2D eigenvalue weighted by Crippen LogP contribution is -2.56. The maximum atomic E-state index is 13.1. The van der Waals surface area contributed by atoms with Crippen molar-refractivity contribution in [3.8, 4) is 0 Å². The van der Waals surface area contributed by atoms with Crippen molar-refractivity contribution in [3.05, 3.63) is 36.0 Å². The molecule has 0 radical (unpaired) electrons. The van der Waals surface area contributed by atoms with E-state index >= 15 is 0 Å². The van der Waals surface area contributed by atoms with Crippen molar-refractivity contribution in [2.24, 2.45) is 27.9 Å². The number of H-pyrrole nitrogens is 1. The van der Waals surface area contributed by atoms with Crippen molar-refractivity contribution >= 4 is 40.6 Å². The minimum atomic E-state index is -1.18. The van der Waals surface area contributed by atoms with Crippen molar-refractivity contribution in [2.75, 3.05) is 13.1 Å².